The number of benzene rings is 2. The van der Waals surface area contributed by atoms with Gasteiger partial charge in [0.1, 0.15) is 18.2 Å². The van der Waals surface area contributed by atoms with E-state index in [1.807, 2.05) is 55.7 Å². The lowest BCUT2D eigenvalue weighted by molar-refractivity contribution is -0.140. The van der Waals surface area contributed by atoms with Gasteiger partial charge in [0.05, 0.1) is 12.1 Å². The summed E-state index contributed by atoms with van der Waals surface area (Å²) in [4.78, 5) is 65.6. The van der Waals surface area contributed by atoms with Gasteiger partial charge in [0.25, 0.3) is 11.8 Å². The zero-order valence-corrected chi connectivity index (χ0v) is 30.8. The minimum atomic E-state index is -1.02. The van der Waals surface area contributed by atoms with Crippen molar-refractivity contribution < 1.29 is 37.9 Å². The Morgan fingerprint density at radius 3 is 2.39 bits per heavy atom. The summed E-state index contributed by atoms with van der Waals surface area (Å²) in [6.07, 6.45) is 5.62. The molecule has 1 aromatic heterocycles. The van der Waals surface area contributed by atoms with Crippen LogP contribution in [0.1, 0.15) is 63.8 Å². The summed E-state index contributed by atoms with van der Waals surface area (Å²) in [5.41, 5.74) is 7.77. The van der Waals surface area contributed by atoms with E-state index in [2.05, 4.69) is 10.6 Å². The number of halogens is 2. The number of aliphatic hydroxyl groups is 1. The summed E-state index contributed by atoms with van der Waals surface area (Å²) in [6.45, 7) is 5.54. The van der Waals surface area contributed by atoms with Crippen LogP contribution in [0.3, 0.4) is 0 Å². The van der Waals surface area contributed by atoms with Gasteiger partial charge in [-0.1, -0.05) is 51.1 Å². The van der Waals surface area contributed by atoms with Crippen LogP contribution in [0.2, 0.25) is 0 Å². The average Bonchev–Trinajstić information content (AvgIpc) is 3.86. The minimum Gasteiger partial charge on any atom is -0.387 e. The summed E-state index contributed by atoms with van der Waals surface area (Å²) >= 11 is 0. The van der Waals surface area contributed by atoms with E-state index in [1.165, 1.54) is 17.1 Å². The van der Waals surface area contributed by atoms with Gasteiger partial charge in [0.15, 0.2) is 0 Å². The van der Waals surface area contributed by atoms with Gasteiger partial charge in [0, 0.05) is 73.3 Å². The van der Waals surface area contributed by atoms with Crippen molar-refractivity contribution in [1.29, 1.82) is 0 Å². The number of imide groups is 1. The van der Waals surface area contributed by atoms with Crippen molar-refractivity contribution in [2.45, 2.75) is 71.1 Å². The summed E-state index contributed by atoms with van der Waals surface area (Å²) < 4.78 is 31.3. The monoisotopic (exact) mass is 746 g/mol. The Hall–Kier alpha value is -5.21. The van der Waals surface area contributed by atoms with Gasteiger partial charge < -0.3 is 30.9 Å². The fraction of sp³-hybridized carbons (Fsp3) is 0.425. The maximum atomic E-state index is 15.0. The van der Waals surface area contributed by atoms with Crippen LogP contribution in [0.5, 0.6) is 0 Å². The third-order valence-electron chi connectivity index (χ3n) is 9.94. The quantitative estimate of drug-likeness (QED) is 0.173. The van der Waals surface area contributed by atoms with Gasteiger partial charge >= 0.3 is 0 Å². The van der Waals surface area contributed by atoms with Crippen LogP contribution < -0.4 is 16.4 Å². The first-order valence-corrected chi connectivity index (χ1v) is 18.1. The second-order valence-corrected chi connectivity index (χ2v) is 15.0. The molecule has 0 radical (unpaired) electrons. The van der Waals surface area contributed by atoms with Gasteiger partial charge in [-0.05, 0) is 60.9 Å². The Balaban J connectivity index is 1.28. The zero-order chi connectivity index (χ0) is 39.2. The predicted molar refractivity (Wildman–Crippen MR) is 197 cm³/mol. The average molecular weight is 747 g/mol. The van der Waals surface area contributed by atoms with Gasteiger partial charge in [-0.3, -0.25) is 28.9 Å². The molecule has 0 spiro atoms. The smallest absolute Gasteiger partial charge is 0.253 e. The summed E-state index contributed by atoms with van der Waals surface area (Å²) in [6, 6.07) is 12.5. The van der Waals surface area contributed by atoms with Crippen molar-refractivity contribution in [3.8, 4) is 11.1 Å². The molecule has 1 fully saturated rings. The molecule has 4 atom stereocenters. The molecule has 14 heteroatoms. The number of carbonyl (C=O) groups is 5. The van der Waals surface area contributed by atoms with E-state index < -0.39 is 59.4 Å². The Morgan fingerprint density at radius 1 is 1.02 bits per heavy atom. The molecular formula is C40H48F2N6O6. The first-order valence-electron chi connectivity index (χ1n) is 18.1. The second-order valence-electron chi connectivity index (χ2n) is 15.0. The number of amides is 5. The largest absolute Gasteiger partial charge is 0.387 e. The highest BCUT2D eigenvalue weighted by molar-refractivity contribution is 6.12. The van der Waals surface area contributed by atoms with Crippen molar-refractivity contribution in [2.24, 2.45) is 17.1 Å². The molecule has 12 nitrogen and oxygen atoms in total. The first kappa shape index (κ1) is 40.0. The maximum absolute atomic E-state index is 15.0. The van der Waals surface area contributed by atoms with Crippen LogP contribution in [0.4, 0.5) is 8.78 Å². The Morgan fingerprint density at radius 2 is 1.72 bits per heavy atom. The molecule has 2 aliphatic rings. The second kappa shape index (κ2) is 17.3. The van der Waals surface area contributed by atoms with Crippen molar-refractivity contribution in [3.05, 3.63) is 95.8 Å². The van der Waals surface area contributed by atoms with E-state index in [-0.39, 0.29) is 49.5 Å². The van der Waals surface area contributed by atoms with Crippen molar-refractivity contribution >= 4 is 29.5 Å². The topological polar surface area (TPSA) is 167 Å². The van der Waals surface area contributed by atoms with Crippen molar-refractivity contribution in [3.63, 3.8) is 0 Å². The Labute approximate surface area is 313 Å². The number of hydrogen-bond donors (Lipinski definition) is 4. The minimum absolute atomic E-state index is 0.00331. The molecule has 3 aromatic rings. The van der Waals surface area contributed by atoms with Crippen LogP contribution in [0.15, 0.2) is 72.9 Å². The molecule has 288 valence electrons. The lowest BCUT2D eigenvalue weighted by Crippen LogP contribution is -2.49. The van der Waals surface area contributed by atoms with Crippen LogP contribution >= 0.6 is 0 Å². The third kappa shape index (κ3) is 9.66. The number of aliphatic hydroxyl groups excluding tert-OH is 1. The number of rotatable bonds is 15. The van der Waals surface area contributed by atoms with Crippen molar-refractivity contribution in [2.75, 3.05) is 26.2 Å². The highest BCUT2D eigenvalue weighted by atomic mass is 19.1. The lowest BCUT2D eigenvalue weighted by atomic mass is 9.82. The zero-order valence-electron chi connectivity index (χ0n) is 30.8. The number of hydrogen-bond acceptors (Lipinski definition) is 7. The molecule has 5 rings (SSSR count). The molecule has 1 aliphatic carbocycles. The third-order valence-corrected chi connectivity index (χ3v) is 9.94. The highest BCUT2D eigenvalue weighted by Crippen LogP contribution is 2.41. The summed E-state index contributed by atoms with van der Waals surface area (Å²) in [5, 5.41) is 15.8. The number of carbonyl (C=O) groups excluding carboxylic acids is 5. The number of aromatic nitrogens is 1. The first-order chi connectivity index (χ1) is 25.7. The Kier molecular flexibility index (Phi) is 12.8. The number of nitrogens with two attached hydrogens (primary N) is 1. The van der Waals surface area contributed by atoms with Crippen LogP contribution in [-0.2, 0) is 30.5 Å². The molecule has 5 amide bonds. The van der Waals surface area contributed by atoms with E-state index in [0.717, 1.165) is 28.7 Å². The Bertz CT molecular complexity index is 1870. The molecule has 1 aliphatic heterocycles. The van der Waals surface area contributed by atoms with Gasteiger partial charge in [0.2, 0.25) is 17.7 Å². The molecule has 2 heterocycles. The maximum Gasteiger partial charge on any atom is 0.253 e. The van der Waals surface area contributed by atoms with Crippen LogP contribution in [-0.4, -0.2) is 87.3 Å². The normalized spacial score (nSPS) is 18.2. The van der Waals surface area contributed by atoms with Crippen LogP contribution in [0, 0.1) is 23.0 Å². The van der Waals surface area contributed by atoms with E-state index in [9.17, 15) is 33.5 Å². The molecule has 54 heavy (non-hydrogen) atoms. The number of nitrogens with zero attached hydrogens (tertiary/aromatic N) is 3. The molecule has 5 N–H and O–H groups in total. The highest BCUT2D eigenvalue weighted by Gasteiger charge is 2.38. The molecular weight excluding hydrogens is 698 g/mol. The fourth-order valence-corrected chi connectivity index (χ4v) is 7.26. The van der Waals surface area contributed by atoms with Gasteiger partial charge in [-0.15, -0.1) is 0 Å². The van der Waals surface area contributed by atoms with E-state index in [0.29, 0.717) is 37.1 Å². The van der Waals surface area contributed by atoms with E-state index in [4.69, 9.17) is 5.73 Å². The fourth-order valence-electron chi connectivity index (χ4n) is 7.26. The SMILES string of the molecule is CC(C)(C)[C@H](c1cc(-c2cc(F)ccc2F)cn1Cc1ccccc1)N(CC[C@H](N)C(=O)N[C@@H]1CC[C@@H](C(=O)NCCN2C(=O)C=CC2=O)C1)C(=O)CO. The number of nitrogens with one attached hydrogen (secondary N) is 2. The summed E-state index contributed by atoms with van der Waals surface area (Å²) in [7, 11) is 0. The summed E-state index contributed by atoms with van der Waals surface area (Å²) in [5.74, 6) is -3.67. The molecule has 0 unspecified atom stereocenters. The molecule has 2 aromatic carbocycles. The lowest BCUT2D eigenvalue weighted by Gasteiger charge is -2.41. The molecule has 1 saturated carbocycles. The van der Waals surface area contributed by atoms with E-state index in [1.54, 1.807) is 12.3 Å². The van der Waals surface area contributed by atoms with Gasteiger partial charge in [-0.25, -0.2) is 8.78 Å². The predicted octanol–water partition coefficient (Wildman–Crippen LogP) is 3.43. The van der Waals surface area contributed by atoms with E-state index >= 15 is 4.39 Å². The molecule has 0 bridgehead atoms. The van der Waals surface area contributed by atoms with Crippen LogP contribution in [0.25, 0.3) is 11.1 Å². The van der Waals surface area contributed by atoms with Gasteiger partial charge in [-0.2, -0.15) is 0 Å². The molecule has 0 saturated heterocycles. The van der Waals surface area contributed by atoms with Crippen molar-refractivity contribution in [1.82, 2.24) is 25.0 Å². The standard InChI is InChI=1S/C40H48F2N6O6/c1-40(2,3)37(33-20-27(30-21-28(41)10-12-31(30)42)23-46(33)22-25-7-5-4-6-8-25)48(36(52)24-49)17-15-32(43)39(54)45-29-11-9-26(19-29)38(53)44-16-18-47-34(50)13-14-35(47)51/h4-8,10,12-14,20-21,23,26,29,32,37,49H,9,11,15-19,22,24,43H2,1-3H3,(H,44,53)(H,45,54)/t26-,29-,32+,37+/m1/s1.